The molecule has 0 saturated carbocycles. The van der Waals surface area contributed by atoms with Crippen LogP contribution < -0.4 is 11.1 Å². The second-order valence-corrected chi connectivity index (χ2v) is 9.25. The van der Waals surface area contributed by atoms with Crippen molar-refractivity contribution in [3.8, 4) is 0 Å². The molecule has 10 heteroatoms. The lowest BCUT2D eigenvalue weighted by Gasteiger charge is -2.24. The normalized spacial score (nSPS) is 12.2. The number of nitrogens with two attached hydrogens (primary N) is 1. The summed E-state index contributed by atoms with van der Waals surface area (Å²) in [7, 11) is 1.50. The number of rotatable bonds is 11. The smallest absolute Gasteiger partial charge is 0.410 e. The molecule has 3 rings (SSSR count). The van der Waals surface area contributed by atoms with E-state index in [9.17, 15) is 14.4 Å². The fourth-order valence-electron chi connectivity index (χ4n) is 3.54. The van der Waals surface area contributed by atoms with Gasteiger partial charge in [-0.25, -0.2) is 9.78 Å². The van der Waals surface area contributed by atoms with Gasteiger partial charge in [0, 0.05) is 7.05 Å². The summed E-state index contributed by atoms with van der Waals surface area (Å²) in [5.74, 6) is 0.00656. The maximum Gasteiger partial charge on any atom is 0.410 e. The maximum absolute atomic E-state index is 12.8. The number of fused-ring (bicyclic) bond motifs is 1. The van der Waals surface area contributed by atoms with Gasteiger partial charge in [0.15, 0.2) is 0 Å². The number of Topliss-reactive ketones (excluding diaryl/α,β-unsaturated/α-hetero) is 1. The predicted octanol–water partition coefficient (Wildman–Crippen LogP) is 2.60. The van der Waals surface area contributed by atoms with Crippen LogP contribution in [0, 0.1) is 0 Å². The van der Waals surface area contributed by atoms with Crippen LogP contribution in [0.4, 0.5) is 4.79 Å². The predicted molar refractivity (Wildman–Crippen MR) is 134 cm³/mol. The number of carbonyl (C=O) groups excluding carboxylic acids is 3. The third-order valence-corrected chi connectivity index (χ3v) is 5.37. The van der Waals surface area contributed by atoms with Crippen LogP contribution in [0.2, 0.25) is 0 Å². The number of aromatic nitrogens is 2. The molecule has 0 bridgehead atoms. The number of nitrogens with zero attached hydrogens (tertiary/aromatic N) is 3. The Bertz CT molecular complexity index is 1200. The van der Waals surface area contributed by atoms with E-state index in [1.165, 1.54) is 18.9 Å². The average Bonchev–Trinajstić information content (AvgIpc) is 3.26. The number of imidazole rings is 1. The van der Waals surface area contributed by atoms with E-state index in [-0.39, 0.29) is 31.4 Å². The molecule has 0 fully saturated rings. The van der Waals surface area contributed by atoms with E-state index < -0.39 is 17.7 Å². The van der Waals surface area contributed by atoms with Gasteiger partial charge < -0.3 is 25.4 Å². The van der Waals surface area contributed by atoms with Crippen molar-refractivity contribution in [3.63, 3.8) is 0 Å². The highest BCUT2D eigenvalue weighted by Gasteiger charge is 2.28. The minimum absolute atomic E-state index is 0.0406. The van der Waals surface area contributed by atoms with E-state index in [4.69, 9.17) is 15.2 Å². The molecule has 36 heavy (non-hydrogen) atoms. The number of ketones is 1. The Balaban J connectivity index is 1.85. The number of benzene rings is 1. The van der Waals surface area contributed by atoms with Crippen LogP contribution in [0.3, 0.4) is 0 Å². The molecule has 0 spiro atoms. The Labute approximate surface area is 210 Å². The quantitative estimate of drug-likeness (QED) is 0.418. The number of likely N-dealkylation sites (N-methyl/N-ethyl adjacent to an activating group) is 1. The van der Waals surface area contributed by atoms with Gasteiger partial charge in [0.1, 0.15) is 24.3 Å². The molecule has 0 unspecified atom stereocenters. The average molecular weight is 496 g/mol. The minimum atomic E-state index is -1.11. The van der Waals surface area contributed by atoms with Crippen molar-refractivity contribution >= 4 is 23.3 Å². The van der Waals surface area contributed by atoms with Crippen LogP contribution in [-0.2, 0) is 32.3 Å². The standard InChI is InChI=1S/C26H33N5O5/c1-18(32)14-30(4)25(34)36-16-21-12-8-11-20-13-28-23(31(20)21)22(29-24(33)26(2,3)27)17-35-15-19-9-6-5-7-10-19/h5-13,22H,14-17,27H2,1-4H3,(H,29,33)/t22-/m1/s1. The first kappa shape index (κ1) is 26.8. The van der Waals surface area contributed by atoms with Gasteiger partial charge in [-0.1, -0.05) is 36.4 Å². The third-order valence-electron chi connectivity index (χ3n) is 5.37. The summed E-state index contributed by atoms with van der Waals surface area (Å²) >= 11 is 0. The van der Waals surface area contributed by atoms with Crippen molar-refractivity contribution in [3.05, 3.63) is 71.8 Å². The summed E-state index contributed by atoms with van der Waals surface area (Å²) in [5, 5.41) is 2.94. The Morgan fingerprint density at radius 3 is 2.50 bits per heavy atom. The highest BCUT2D eigenvalue weighted by Crippen LogP contribution is 2.20. The molecular formula is C26H33N5O5. The molecule has 0 aliphatic heterocycles. The monoisotopic (exact) mass is 495 g/mol. The Morgan fingerprint density at radius 1 is 1.11 bits per heavy atom. The van der Waals surface area contributed by atoms with Gasteiger partial charge in [-0.15, -0.1) is 0 Å². The van der Waals surface area contributed by atoms with E-state index in [0.717, 1.165) is 11.1 Å². The topological polar surface area (TPSA) is 128 Å². The molecule has 0 aliphatic carbocycles. The molecule has 0 saturated heterocycles. The zero-order valence-electron chi connectivity index (χ0n) is 21.1. The minimum Gasteiger partial charge on any atom is -0.443 e. The Morgan fingerprint density at radius 2 is 1.83 bits per heavy atom. The van der Waals surface area contributed by atoms with Crippen LogP contribution in [-0.4, -0.2) is 57.8 Å². The van der Waals surface area contributed by atoms with Gasteiger partial charge >= 0.3 is 6.09 Å². The maximum atomic E-state index is 12.8. The van der Waals surface area contributed by atoms with E-state index in [2.05, 4.69) is 10.3 Å². The number of amides is 2. The number of ether oxygens (including phenoxy) is 2. The van der Waals surface area contributed by atoms with E-state index in [1.807, 2.05) is 46.9 Å². The Kier molecular flexibility index (Phi) is 8.78. The van der Waals surface area contributed by atoms with E-state index in [1.54, 1.807) is 26.1 Å². The van der Waals surface area contributed by atoms with Gasteiger partial charge in [-0.05, 0) is 38.5 Å². The molecule has 2 heterocycles. The number of pyridine rings is 1. The van der Waals surface area contributed by atoms with E-state index in [0.29, 0.717) is 18.1 Å². The number of hydrogen-bond acceptors (Lipinski definition) is 7. The second kappa shape index (κ2) is 11.8. The molecule has 1 atom stereocenters. The molecule has 1 aromatic carbocycles. The van der Waals surface area contributed by atoms with Crippen molar-refractivity contribution in [2.45, 2.75) is 45.6 Å². The van der Waals surface area contributed by atoms with E-state index >= 15 is 0 Å². The summed E-state index contributed by atoms with van der Waals surface area (Å²) in [4.78, 5) is 42.2. The molecular weight excluding hydrogens is 462 g/mol. The summed E-state index contributed by atoms with van der Waals surface area (Å²) in [6.07, 6.45) is 1.05. The second-order valence-electron chi connectivity index (χ2n) is 9.25. The zero-order chi connectivity index (χ0) is 26.3. The van der Waals surface area contributed by atoms with Gasteiger partial charge in [0.25, 0.3) is 0 Å². The van der Waals surface area contributed by atoms with Crippen molar-refractivity contribution in [1.82, 2.24) is 19.6 Å². The molecule has 2 aromatic heterocycles. The molecule has 3 N–H and O–H groups in total. The largest absolute Gasteiger partial charge is 0.443 e. The molecule has 192 valence electrons. The first-order valence-corrected chi connectivity index (χ1v) is 11.6. The number of hydrogen-bond donors (Lipinski definition) is 2. The van der Waals surface area contributed by atoms with Crippen LogP contribution in [0.15, 0.2) is 54.7 Å². The van der Waals surface area contributed by atoms with Gasteiger partial charge in [-0.3, -0.25) is 14.0 Å². The fourth-order valence-corrected chi connectivity index (χ4v) is 3.54. The third kappa shape index (κ3) is 7.12. The van der Waals surface area contributed by atoms with Crippen LogP contribution in [0.5, 0.6) is 0 Å². The molecule has 0 radical (unpaired) electrons. The zero-order valence-corrected chi connectivity index (χ0v) is 21.1. The molecule has 3 aromatic rings. The highest BCUT2D eigenvalue weighted by molar-refractivity contribution is 5.85. The van der Waals surface area contributed by atoms with Gasteiger partial charge in [-0.2, -0.15) is 0 Å². The fraction of sp³-hybridized carbons (Fsp3) is 0.385. The van der Waals surface area contributed by atoms with Gasteiger partial charge in [0.2, 0.25) is 5.91 Å². The Hall–Kier alpha value is -3.76. The van der Waals surface area contributed by atoms with Crippen LogP contribution in [0.1, 0.15) is 43.9 Å². The van der Waals surface area contributed by atoms with Crippen LogP contribution in [0.25, 0.3) is 5.52 Å². The summed E-state index contributed by atoms with van der Waals surface area (Å²) in [6.45, 7) is 5.05. The molecule has 2 amide bonds. The summed E-state index contributed by atoms with van der Waals surface area (Å²) < 4.78 is 13.2. The van der Waals surface area contributed by atoms with Crippen molar-refractivity contribution in [2.24, 2.45) is 5.73 Å². The molecule has 0 aliphatic rings. The lowest BCUT2D eigenvalue weighted by Crippen LogP contribution is -2.51. The highest BCUT2D eigenvalue weighted by atomic mass is 16.6. The summed E-state index contributed by atoms with van der Waals surface area (Å²) in [5.41, 5.74) is 7.30. The van der Waals surface area contributed by atoms with Gasteiger partial charge in [0.05, 0.1) is 42.7 Å². The number of carbonyl (C=O) groups is 3. The SMILES string of the molecule is CC(=O)CN(C)C(=O)OCc1cccc2cnc([C@@H](COCc3ccccc3)NC(=O)C(C)(C)N)n12. The lowest BCUT2D eigenvalue weighted by molar-refractivity contribution is -0.126. The van der Waals surface area contributed by atoms with Crippen molar-refractivity contribution in [1.29, 1.82) is 0 Å². The van der Waals surface area contributed by atoms with Crippen molar-refractivity contribution in [2.75, 3.05) is 20.2 Å². The van der Waals surface area contributed by atoms with Crippen molar-refractivity contribution < 1.29 is 23.9 Å². The first-order valence-electron chi connectivity index (χ1n) is 11.6. The van der Waals surface area contributed by atoms with Crippen LogP contribution >= 0.6 is 0 Å². The molecule has 10 nitrogen and oxygen atoms in total. The number of nitrogens with one attached hydrogen (secondary N) is 1. The summed E-state index contributed by atoms with van der Waals surface area (Å²) in [6, 6.07) is 14.6. The first-order chi connectivity index (χ1) is 17.1. The lowest BCUT2D eigenvalue weighted by atomic mass is 10.1.